The number of methoxy groups -OCH3 is 1. The molecule has 10 nitrogen and oxygen atoms in total. The lowest BCUT2D eigenvalue weighted by Crippen LogP contribution is -2.47. The molecule has 10 heteroatoms. The van der Waals surface area contributed by atoms with Gasteiger partial charge in [0.2, 0.25) is 5.91 Å². The third-order valence-corrected chi connectivity index (χ3v) is 8.99. The number of unbranched alkanes of at least 4 members (excludes halogenated alkanes) is 2. The molecule has 0 atom stereocenters. The number of carbonyl (C=O) groups excluding carboxylic acids is 3. The summed E-state index contributed by atoms with van der Waals surface area (Å²) in [5.41, 5.74) is 4.00. The molecule has 4 aromatic rings. The van der Waals surface area contributed by atoms with Gasteiger partial charge in [-0.15, -0.1) is 0 Å². The standard InChI is InChI=1S/C41H48N4O6/c1-30-14-21-36(38(27-30)50-26-10-6-9-13-39(46)45-24-22-43(2)23-25-45)44(3)41(48)33-17-20-35(37(28-33)49-4)42-40(47)32-15-18-34(19-16-32)51-29-31-11-7-5-8-12-31/h5,7-8,11-12,14-21,27-28H,6,9-10,13,22-26,29H2,1-4H3,(H,42,47). The first kappa shape index (κ1) is 36.9. The van der Waals surface area contributed by atoms with Gasteiger partial charge in [0.25, 0.3) is 11.8 Å². The highest BCUT2D eigenvalue weighted by atomic mass is 16.5. The minimum atomic E-state index is -0.317. The molecule has 1 aliphatic heterocycles. The Kier molecular flexibility index (Phi) is 13.1. The number of carbonyl (C=O) groups is 3. The lowest BCUT2D eigenvalue weighted by Gasteiger charge is -2.32. The predicted octanol–water partition coefficient (Wildman–Crippen LogP) is 6.82. The summed E-state index contributed by atoms with van der Waals surface area (Å²) in [5.74, 6) is 1.29. The van der Waals surface area contributed by atoms with Crippen molar-refractivity contribution < 1.29 is 28.6 Å². The van der Waals surface area contributed by atoms with Crippen LogP contribution in [0.3, 0.4) is 0 Å². The lowest BCUT2D eigenvalue weighted by atomic mass is 10.1. The van der Waals surface area contributed by atoms with Gasteiger partial charge in [-0.3, -0.25) is 14.4 Å². The molecule has 0 aromatic heterocycles. The van der Waals surface area contributed by atoms with E-state index in [0.717, 1.165) is 56.6 Å². The van der Waals surface area contributed by atoms with Crippen LogP contribution in [0.1, 0.15) is 57.5 Å². The van der Waals surface area contributed by atoms with Crippen LogP contribution in [0.5, 0.6) is 17.2 Å². The molecule has 5 rings (SSSR count). The summed E-state index contributed by atoms with van der Waals surface area (Å²) in [6.45, 7) is 6.35. The maximum atomic E-state index is 13.7. The van der Waals surface area contributed by atoms with Gasteiger partial charge in [0.1, 0.15) is 23.9 Å². The number of benzene rings is 4. The van der Waals surface area contributed by atoms with Crippen LogP contribution in [-0.4, -0.2) is 81.5 Å². The van der Waals surface area contributed by atoms with E-state index in [0.29, 0.717) is 59.4 Å². The number of hydrogen-bond acceptors (Lipinski definition) is 7. The normalized spacial score (nSPS) is 13.0. The van der Waals surface area contributed by atoms with Gasteiger partial charge in [0.15, 0.2) is 0 Å². The van der Waals surface area contributed by atoms with Gasteiger partial charge in [0.05, 0.1) is 25.1 Å². The summed E-state index contributed by atoms with van der Waals surface area (Å²) < 4.78 is 17.6. The quantitative estimate of drug-likeness (QED) is 0.137. The average molecular weight is 693 g/mol. The Morgan fingerprint density at radius 1 is 0.784 bits per heavy atom. The molecule has 1 heterocycles. The van der Waals surface area contributed by atoms with Crippen molar-refractivity contribution in [3.8, 4) is 17.2 Å². The second-order valence-corrected chi connectivity index (χ2v) is 12.8. The van der Waals surface area contributed by atoms with Crippen LogP contribution in [0.2, 0.25) is 0 Å². The van der Waals surface area contributed by atoms with Crippen LogP contribution < -0.4 is 24.4 Å². The zero-order valence-electron chi connectivity index (χ0n) is 30.0. The van der Waals surface area contributed by atoms with E-state index in [1.165, 1.54) is 7.11 Å². The molecule has 0 radical (unpaired) electrons. The van der Waals surface area contributed by atoms with E-state index >= 15 is 0 Å². The van der Waals surface area contributed by atoms with Crippen molar-refractivity contribution in [2.75, 3.05) is 64.2 Å². The number of amides is 3. The molecule has 0 saturated carbocycles. The topological polar surface area (TPSA) is 101 Å². The van der Waals surface area contributed by atoms with E-state index in [2.05, 4.69) is 17.3 Å². The Bertz CT molecular complexity index is 1770. The van der Waals surface area contributed by atoms with Crippen molar-refractivity contribution in [1.29, 1.82) is 0 Å². The molecule has 4 aromatic carbocycles. The third kappa shape index (κ3) is 10.3. The molecule has 1 N–H and O–H groups in total. The number of hydrogen-bond donors (Lipinski definition) is 1. The van der Waals surface area contributed by atoms with Crippen LogP contribution in [0.25, 0.3) is 0 Å². The molecule has 51 heavy (non-hydrogen) atoms. The monoisotopic (exact) mass is 692 g/mol. The summed E-state index contributed by atoms with van der Waals surface area (Å²) in [6, 6.07) is 27.5. The number of rotatable bonds is 15. The second kappa shape index (κ2) is 18.1. The van der Waals surface area contributed by atoms with E-state index in [4.69, 9.17) is 14.2 Å². The van der Waals surface area contributed by atoms with Gasteiger partial charge in [-0.25, -0.2) is 0 Å². The van der Waals surface area contributed by atoms with Crippen LogP contribution in [0.4, 0.5) is 11.4 Å². The third-order valence-electron chi connectivity index (χ3n) is 8.99. The first-order chi connectivity index (χ1) is 24.7. The molecule has 1 aliphatic rings. The molecule has 1 saturated heterocycles. The van der Waals surface area contributed by atoms with E-state index in [9.17, 15) is 14.4 Å². The zero-order valence-corrected chi connectivity index (χ0v) is 30.0. The Labute approximate surface area is 300 Å². The highest BCUT2D eigenvalue weighted by Crippen LogP contribution is 2.32. The molecule has 3 amide bonds. The molecule has 0 aliphatic carbocycles. The van der Waals surface area contributed by atoms with Crippen LogP contribution in [0.15, 0.2) is 91.0 Å². The number of aryl methyl sites for hydroxylation is 1. The SMILES string of the molecule is COc1cc(C(=O)N(C)c2ccc(C)cc2OCCCCCC(=O)N2CCN(C)CC2)ccc1NC(=O)c1ccc(OCc2ccccc2)cc1. The van der Waals surface area contributed by atoms with Gasteiger partial charge in [-0.1, -0.05) is 36.4 Å². The molecular formula is C41H48N4O6. The van der Waals surface area contributed by atoms with E-state index in [1.54, 1.807) is 54.4 Å². The fourth-order valence-electron chi connectivity index (χ4n) is 5.83. The van der Waals surface area contributed by atoms with Crippen LogP contribution in [0, 0.1) is 6.92 Å². The summed E-state index contributed by atoms with van der Waals surface area (Å²) in [4.78, 5) is 45.1. The number of piperazine rings is 1. The van der Waals surface area contributed by atoms with Gasteiger partial charge < -0.3 is 34.2 Å². The predicted molar refractivity (Wildman–Crippen MR) is 200 cm³/mol. The Morgan fingerprint density at radius 2 is 1.51 bits per heavy atom. The van der Waals surface area contributed by atoms with Crippen molar-refractivity contribution in [2.45, 2.75) is 39.2 Å². The second-order valence-electron chi connectivity index (χ2n) is 12.8. The number of anilines is 2. The van der Waals surface area contributed by atoms with Crippen LogP contribution in [-0.2, 0) is 11.4 Å². The fraction of sp³-hybridized carbons (Fsp3) is 0.341. The van der Waals surface area contributed by atoms with Crippen molar-refractivity contribution >= 4 is 29.1 Å². The molecule has 268 valence electrons. The number of nitrogens with zero attached hydrogens (tertiary/aromatic N) is 3. The van der Waals surface area contributed by atoms with Crippen molar-refractivity contribution in [1.82, 2.24) is 9.80 Å². The minimum absolute atomic E-state index is 0.229. The first-order valence-electron chi connectivity index (χ1n) is 17.5. The summed E-state index contributed by atoms with van der Waals surface area (Å²) in [7, 11) is 5.29. The Balaban J connectivity index is 1.14. The Morgan fingerprint density at radius 3 is 2.24 bits per heavy atom. The maximum Gasteiger partial charge on any atom is 0.258 e. The average Bonchev–Trinajstić information content (AvgIpc) is 3.15. The minimum Gasteiger partial charge on any atom is -0.495 e. The highest BCUT2D eigenvalue weighted by molar-refractivity contribution is 6.08. The van der Waals surface area contributed by atoms with Gasteiger partial charge in [-0.2, -0.15) is 0 Å². The van der Waals surface area contributed by atoms with Gasteiger partial charge in [-0.05, 0) is 99.0 Å². The van der Waals surface area contributed by atoms with Crippen molar-refractivity contribution in [3.63, 3.8) is 0 Å². The molecule has 0 spiro atoms. The van der Waals surface area contributed by atoms with Gasteiger partial charge in [0, 0.05) is 50.8 Å². The molecule has 1 fully saturated rings. The smallest absolute Gasteiger partial charge is 0.258 e. The van der Waals surface area contributed by atoms with Crippen molar-refractivity contribution in [2.24, 2.45) is 0 Å². The molecule has 0 unspecified atom stereocenters. The summed E-state index contributed by atoms with van der Waals surface area (Å²) >= 11 is 0. The summed E-state index contributed by atoms with van der Waals surface area (Å²) in [6.07, 6.45) is 3.06. The van der Waals surface area contributed by atoms with Crippen LogP contribution >= 0.6 is 0 Å². The number of likely N-dealkylation sites (N-methyl/N-ethyl adjacent to an activating group) is 1. The largest absolute Gasteiger partial charge is 0.495 e. The number of nitrogens with one attached hydrogen (secondary N) is 1. The fourth-order valence-corrected chi connectivity index (χ4v) is 5.83. The van der Waals surface area contributed by atoms with Crippen molar-refractivity contribution in [3.05, 3.63) is 113 Å². The highest BCUT2D eigenvalue weighted by Gasteiger charge is 2.21. The lowest BCUT2D eigenvalue weighted by molar-refractivity contribution is -0.132. The maximum absolute atomic E-state index is 13.7. The van der Waals surface area contributed by atoms with E-state index in [-0.39, 0.29) is 17.7 Å². The number of ether oxygens (including phenoxy) is 3. The van der Waals surface area contributed by atoms with Gasteiger partial charge >= 0.3 is 0 Å². The zero-order chi connectivity index (χ0) is 36.2. The first-order valence-corrected chi connectivity index (χ1v) is 17.5. The molecule has 0 bridgehead atoms. The Hall–Kier alpha value is -5.35. The van der Waals surface area contributed by atoms with E-state index in [1.807, 2.05) is 60.4 Å². The summed E-state index contributed by atoms with van der Waals surface area (Å²) in [5, 5.41) is 2.89. The van der Waals surface area contributed by atoms with E-state index < -0.39 is 0 Å². The molecular weight excluding hydrogens is 644 g/mol.